The molecule has 0 nitrogen and oxygen atoms in total. The van der Waals surface area contributed by atoms with E-state index < -0.39 is 0 Å². The lowest BCUT2D eigenvalue weighted by Crippen LogP contribution is -1.85. The minimum absolute atomic E-state index is 0.943. The second kappa shape index (κ2) is 9.09. The van der Waals surface area contributed by atoms with Crippen molar-refractivity contribution in [2.24, 2.45) is 0 Å². The fourth-order valence-corrected chi connectivity index (χ4v) is 1.18. The highest BCUT2D eigenvalue weighted by molar-refractivity contribution is 5.25. The van der Waals surface area contributed by atoms with Gasteiger partial charge in [-0.2, -0.15) is 0 Å². The fourth-order valence-electron chi connectivity index (χ4n) is 1.18. The molecule has 0 aliphatic rings. The van der Waals surface area contributed by atoms with Crippen molar-refractivity contribution in [3.05, 3.63) is 59.7 Å². The molecule has 1 aromatic rings. The number of hydrogen-bond donors (Lipinski definition) is 0. The van der Waals surface area contributed by atoms with Crippen LogP contribution >= 0.6 is 0 Å². The van der Waals surface area contributed by atoms with Crippen molar-refractivity contribution in [1.29, 1.82) is 0 Å². The predicted octanol–water partition coefficient (Wildman–Crippen LogP) is 4.38. The maximum absolute atomic E-state index is 3.09. The molecule has 0 heteroatoms. The Hall–Kier alpha value is -1.48. The van der Waals surface area contributed by atoms with E-state index in [2.05, 4.69) is 43.4 Å². The summed E-state index contributed by atoms with van der Waals surface area (Å²) in [6.07, 6.45) is 7.25. The molecule has 0 aromatic heterocycles. The zero-order valence-electron chi connectivity index (χ0n) is 10.2. The number of hydrogen-bond acceptors (Lipinski definition) is 0. The van der Waals surface area contributed by atoms with Gasteiger partial charge in [0.05, 0.1) is 0 Å². The lowest BCUT2D eigenvalue weighted by molar-refractivity contribution is 1.19. The highest BCUT2D eigenvalue weighted by atomic mass is 14.0. The monoisotopic (exact) mass is 200 g/mol. The maximum atomic E-state index is 3.09. The summed E-state index contributed by atoms with van der Waals surface area (Å²) in [7, 11) is 0. The van der Waals surface area contributed by atoms with Crippen molar-refractivity contribution in [2.45, 2.75) is 34.1 Å². The van der Waals surface area contributed by atoms with E-state index in [9.17, 15) is 0 Å². The van der Waals surface area contributed by atoms with Gasteiger partial charge < -0.3 is 0 Å². The first-order valence-corrected chi connectivity index (χ1v) is 5.52. The standard InChI is InChI=1S/C13H14.C2H6/c1-3-8-12(4-2)11-13-9-6-5-7-10-13;1-2/h3-6,8-9H,11H2,1-2H3;1-2H3/b8-3-,12-4+;. The zero-order chi connectivity index (χ0) is 11.5. The Bertz CT molecular complexity index is 291. The molecule has 15 heavy (non-hydrogen) atoms. The average Bonchev–Trinajstić information content (AvgIpc) is 2.32. The summed E-state index contributed by atoms with van der Waals surface area (Å²) >= 11 is 0. The molecule has 0 saturated carbocycles. The summed E-state index contributed by atoms with van der Waals surface area (Å²) in [6.45, 7) is 8.09. The number of rotatable bonds is 3. The van der Waals surface area contributed by atoms with Crippen LogP contribution in [-0.4, -0.2) is 0 Å². The average molecular weight is 200 g/mol. The van der Waals surface area contributed by atoms with Gasteiger partial charge in [-0.3, -0.25) is 0 Å². The van der Waals surface area contributed by atoms with Gasteiger partial charge in [0, 0.05) is 12.0 Å². The summed E-state index contributed by atoms with van der Waals surface area (Å²) in [5, 5.41) is 0. The molecule has 0 aliphatic carbocycles. The molecule has 0 amide bonds. The SMILES string of the molecule is C/C=C\C(=C/C)Cc1c#cccc1.CC. The van der Waals surface area contributed by atoms with Crippen molar-refractivity contribution in [2.75, 3.05) is 0 Å². The van der Waals surface area contributed by atoms with E-state index in [4.69, 9.17) is 0 Å². The van der Waals surface area contributed by atoms with Crippen LogP contribution in [0.5, 0.6) is 0 Å². The van der Waals surface area contributed by atoms with E-state index in [1.807, 2.05) is 32.9 Å². The van der Waals surface area contributed by atoms with E-state index in [1.165, 1.54) is 11.1 Å². The van der Waals surface area contributed by atoms with Crippen LogP contribution in [0, 0.1) is 12.1 Å². The van der Waals surface area contributed by atoms with Crippen LogP contribution < -0.4 is 0 Å². The molecule has 1 rings (SSSR count). The lowest BCUT2D eigenvalue weighted by Gasteiger charge is -1.98. The quantitative estimate of drug-likeness (QED) is 0.635. The van der Waals surface area contributed by atoms with Crippen molar-refractivity contribution in [1.82, 2.24) is 0 Å². The summed E-state index contributed by atoms with van der Waals surface area (Å²) in [6, 6.07) is 12.0. The highest BCUT2D eigenvalue weighted by Gasteiger charge is 1.92. The zero-order valence-corrected chi connectivity index (χ0v) is 10.2. The Morgan fingerprint density at radius 2 is 2.07 bits per heavy atom. The van der Waals surface area contributed by atoms with Crippen LogP contribution in [0.3, 0.4) is 0 Å². The van der Waals surface area contributed by atoms with Crippen LogP contribution in [0.25, 0.3) is 0 Å². The third kappa shape index (κ3) is 5.75. The Morgan fingerprint density at radius 1 is 1.33 bits per heavy atom. The molecular formula is C15H20. The molecule has 1 aromatic carbocycles. The normalized spacial score (nSPS) is 10.5. The third-order valence-electron chi connectivity index (χ3n) is 1.86. The van der Waals surface area contributed by atoms with Gasteiger partial charge in [-0.1, -0.05) is 50.3 Å². The van der Waals surface area contributed by atoms with Crippen molar-refractivity contribution < 1.29 is 0 Å². The molecule has 0 spiro atoms. The van der Waals surface area contributed by atoms with E-state index in [0.29, 0.717) is 0 Å². The van der Waals surface area contributed by atoms with E-state index in [-0.39, 0.29) is 0 Å². The van der Waals surface area contributed by atoms with Crippen molar-refractivity contribution in [3.63, 3.8) is 0 Å². The molecular weight excluding hydrogens is 180 g/mol. The van der Waals surface area contributed by atoms with Gasteiger partial charge in [-0.05, 0) is 31.6 Å². The first-order chi connectivity index (χ1) is 7.36. The van der Waals surface area contributed by atoms with Gasteiger partial charge in [0.2, 0.25) is 0 Å². The Morgan fingerprint density at radius 3 is 2.53 bits per heavy atom. The van der Waals surface area contributed by atoms with Gasteiger partial charge in [0.1, 0.15) is 0 Å². The van der Waals surface area contributed by atoms with Crippen LogP contribution in [0.1, 0.15) is 33.3 Å². The molecule has 0 N–H and O–H groups in total. The van der Waals surface area contributed by atoms with Crippen LogP contribution in [-0.2, 0) is 6.42 Å². The second-order valence-corrected chi connectivity index (χ2v) is 2.86. The summed E-state index contributed by atoms with van der Waals surface area (Å²) in [5.41, 5.74) is 2.51. The second-order valence-electron chi connectivity index (χ2n) is 2.86. The molecule has 80 valence electrons. The first kappa shape index (κ1) is 13.5. The van der Waals surface area contributed by atoms with Crippen molar-refractivity contribution >= 4 is 0 Å². The fraction of sp³-hybridized carbons (Fsp3) is 0.333. The van der Waals surface area contributed by atoms with Crippen LogP contribution in [0.4, 0.5) is 0 Å². The third-order valence-corrected chi connectivity index (χ3v) is 1.86. The minimum Gasteiger partial charge on any atom is -0.0874 e. The van der Waals surface area contributed by atoms with E-state index in [0.717, 1.165) is 6.42 Å². The van der Waals surface area contributed by atoms with Gasteiger partial charge in [-0.25, -0.2) is 0 Å². The Labute approximate surface area is 94.3 Å². The minimum atomic E-state index is 0.943. The summed E-state index contributed by atoms with van der Waals surface area (Å²) in [4.78, 5) is 0. The molecule has 0 unspecified atom stereocenters. The van der Waals surface area contributed by atoms with Gasteiger partial charge in [0.15, 0.2) is 0 Å². The topological polar surface area (TPSA) is 0 Å². The lowest BCUT2D eigenvalue weighted by atomic mass is 10.1. The molecule has 0 saturated heterocycles. The van der Waals surface area contributed by atoms with Crippen molar-refractivity contribution in [3.8, 4) is 0 Å². The Balaban J connectivity index is 0.000000921. The molecule has 0 atom stereocenters. The summed E-state index contributed by atoms with van der Waals surface area (Å²) in [5.74, 6) is 0. The molecule has 0 aliphatic heterocycles. The van der Waals surface area contributed by atoms with Crippen LogP contribution in [0.2, 0.25) is 0 Å². The van der Waals surface area contributed by atoms with Gasteiger partial charge in [0.25, 0.3) is 0 Å². The maximum Gasteiger partial charge on any atom is 0.00677 e. The van der Waals surface area contributed by atoms with Gasteiger partial charge >= 0.3 is 0 Å². The molecule has 0 heterocycles. The molecule has 0 bridgehead atoms. The van der Waals surface area contributed by atoms with E-state index >= 15 is 0 Å². The predicted molar refractivity (Wildman–Crippen MR) is 67.7 cm³/mol. The van der Waals surface area contributed by atoms with Gasteiger partial charge in [-0.15, -0.1) is 0 Å². The summed E-state index contributed by atoms with van der Waals surface area (Å²) < 4.78 is 0. The largest absolute Gasteiger partial charge is 0.0874 e. The van der Waals surface area contributed by atoms with Crippen LogP contribution in [0.15, 0.2) is 42.0 Å². The molecule has 0 fully saturated rings. The van der Waals surface area contributed by atoms with E-state index in [1.54, 1.807) is 0 Å². The molecule has 0 radical (unpaired) electrons. The number of allylic oxidation sites excluding steroid dienone is 4. The highest BCUT2D eigenvalue weighted by Crippen LogP contribution is 2.06. The first-order valence-electron chi connectivity index (χ1n) is 5.52. The Kier molecular flexibility index (Phi) is 8.19. The smallest absolute Gasteiger partial charge is 0.00677 e.